The lowest BCUT2D eigenvalue weighted by Crippen LogP contribution is -2.41. The highest BCUT2D eigenvalue weighted by molar-refractivity contribution is 9.10. The van der Waals surface area contributed by atoms with Gasteiger partial charge < -0.3 is 10.1 Å². The Bertz CT molecular complexity index is 1210. The maximum Gasteiger partial charge on any atom is 0.294 e. The number of imide groups is 1. The van der Waals surface area contributed by atoms with E-state index < -0.39 is 16.7 Å². The van der Waals surface area contributed by atoms with Gasteiger partial charge in [-0.2, -0.15) is 0 Å². The molecule has 1 aliphatic rings. The number of hydrogen-bond acceptors (Lipinski definition) is 6. The molecule has 3 aromatic carbocycles. The number of anilines is 2. The number of nitro groups is 1. The summed E-state index contributed by atoms with van der Waals surface area (Å²) in [6.45, 7) is 0.568. The van der Waals surface area contributed by atoms with Gasteiger partial charge in [-0.1, -0.05) is 28.1 Å². The predicted molar refractivity (Wildman–Crippen MR) is 120 cm³/mol. The molecular weight excluding hydrogens is 466 g/mol. The van der Waals surface area contributed by atoms with Crippen molar-refractivity contribution >= 4 is 55.6 Å². The summed E-state index contributed by atoms with van der Waals surface area (Å²) >= 11 is 3.36. The molecule has 158 valence electrons. The van der Waals surface area contributed by atoms with Gasteiger partial charge in [0.1, 0.15) is 5.69 Å². The van der Waals surface area contributed by atoms with Gasteiger partial charge in [-0.3, -0.25) is 24.6 Å². The monoisotopic (exact) mass is 483 g/mol. The molecule has 0 saturated carbocycles. The molecule has 0 aliphatic carbocycles. The number of carbonyl (C=O) groups excluding carboxylic acids is 2. The number of rotatable bonds is 7. The Balaban J connectivity index is 1.89. The molecule has 9 heteroatoms. The third kappa shape index (κ3) is 3.77. The van der Waals surface area contributed by atoms with Crippen LogP contribution in [0.2, 0.25) is 0 Å². The van der Waals surface area contributed by atoms with Crippen molar-refractivity contribution in [3.8, 4) is 0 Å². The number of nitro benzene ring substituents is 1. The zero-order chi connectivity index (χ0) is 22.1. The van der Waals surface area contributed by atoms with Crippen molar-refractivity contribution in [2.24, 2.45) is 0 Å². The minimum atomic E-state index is -0.539. The lowest BCUT2D eigenvalue weighted by Gasteiger charge is -2.27. The van der Waals surface area contributed by atoms with Crippen LogP contribution >= 0.6 is 15.9 Å². The number of carbonyl (C=O) groups is 2. The van der Waals surface area contributed by atoms with Gasteiger partial charge >= 0.3 is 0 Å². The van der Waals surface area contributed by atoms with Crippen LogP contribution in [0.4, 0.5) is 17.1 Å². The molecule has 8 nitrogen and oxygen atoms in total. The minimum absolute atomic E-state index is 0.149. The first-order chi connectivity index (χ1) is 14.9. The van der Waals surface area contributed by atoms with Crippen molar-refractivity contribution in [2.45, 2.75) is 6.42 Å². The quantitative estimate of drug-likeness (QED) is 0.222. The van der Waals surface area contributed by atoms with Crippen molar-refractivity contribution in [3.05, 3.63) is 74.2 Å². The first-order valence-electron chi connectivity index (χ1n) is 9.54. The van der Waals surface area contributed by atoms with Crippen molar-refractivity contribution in [1.29, 1.82) is 0 Å². The van der Waals surface area contributed by atoms with E-state index in [1.807, 2.05) is 12.1 Å². The van der Waals surface area contributed by atoms with E-state index in [1.54, 1.807) is 37.4 Å². The second-order valence-electron chi connectivity index (χ2n) is 7.04. The van der Waals surface area contributed by atoms with Gasteiger partial charge in [0.2, 0.25) is 0 Å². The maximum atomic E-state index is 13.1. The van der Waals surface area contributed by atoms with E-state index in [1.165, 1.54) is 6.07 Å². The van der Waals surface area contributed by atoms with Crippen LogP contribution in [0, 0.1) is 10.1 Å². The number of methoxy groups -OCH3 is 1. The number of ether oxygens (including phenoxy) is 1. The van der Waals surface area contributed by atoms with E-state index in [9.17, 15) is 19.7 Å². The average molecular weight is 484 g/mol. The SMILES string of the molecule is COCCCN1C(=O)c2cccc3c(Nc4ccc(Br)cc4)c([N+](=O)[O-])cc(c23)C1=O. The van der Waals surface area contributed by atoms with Gasteiger partial charge in [-0.15, -0.1) is 0 Å². The van der Waals surface area contributed by atoms with Crippen LogP contribution in [0.5, 0.6) is 0 Å². The molecule has 0 radical (unpaired) electrons. The van der Waals surface area contributed by atoms with Crippen molar-refractivity contribution in [3.63, 3.8) is 0 Å². The van der Waals surface area contributed by atoms with Gasteiger partial charge in [0.25, 0.3) is 17.5 Å². The highest BCUT2D eigenvalue weighted by Gasteiger charge is 2.35. The molecule has 31 heavy (non-hydrogen) atoms. The zero-order valence-electron chi connectivity index (χ0n) is 16.6. The first-order valence-corrected chi connectivity index (χ1v) is 10.3. The summed E-state index contributed by atoms with van der Waals surface area (Å²) in [6, 6.07) is 13.4. The molecule has 0 fully saturated rings. The summed E-state index contributed by atoms with van der Waals surface area (Å²) in [5, 5.41) is 15.9. The van der Waals surface area contributed by atoms with Gasteiger partial charge in [-0.05, 0) is 36.8 Å². The number of hydrogen-bond donors (Lipinski definition) is 1. The molecule has 0 atom stereocenters. The fourth-order valence-electron chi connectivity index (χ4n) is 3.72. The third-order valence-corrected chi connectivity index (χ3v) is 5.66. The van der Waals surface area contributed by atoms with E-state index in [0.717, 1.165) is 9.37 Å². The first kappa shape index (κ1) is 21.0. The van der Waals surface area contributed by atoms with Gasteiger partial charge in [0, 0.05) is 52.8 Å². The van der Waals surface area contributed by atoms with Crippen LogP contribution in [0.15, 0.2) is 53.0 Å². The number of benzene rings is 3. The van der Waals surface area contributed by atoms with Crippen molar-refractivity contribution in [1.82, 2.24) is 4.90 Å². The van der Waals surface area contributed by atoms with E-state index in [4.69, 9.17) is 4.74 Å². The molecule has 1 aliphatic heterocycles. The molecule has 4 rings (SSSR count). The summed E-state index contributed by atoms with van der Waals surface area (Å²) in [6.07, 6.45) is 0.477. The molecule has 2 amide bonds. The smallest absolute Gasteiger partial charge is 0.294 e. The van der Waals surface area contributed by atoms with E-state index >= 15 is 0 Å². The van der Waals surface area contributed by atoms with Crippen molar-refractivity contribution < 1.29 is 19.2 Å². The second-order valence-corrected chi connectivity index (χ2v) is 7.96. The van der Waals surface area contributed by atoms with Gasteiger partial charge in [0.15, 0.2) is 0 Å². The summed E-state index contributed by atoms with van der Waals surface area (Å²) in [7, 11) is 1.54. The molecule has 0 unspecified atom stereocenters. The number of halogens is 1. The summed E-state index contributed by atoms with van der Waals surface area (Å²) < 4.78 is 5.88. The minimum Gasteiger partial charge on any atom is -0.385 e. The van der Waals surface area contributed by atoms with Gasteiger partial charge in [0.05, 0.1) is 10.5 Å². The van der Waals surface area contributed by atoms with Crippen LogP contribution in [-0.4, -0.2) is 41.9 Å². The number of amides is 2. The Hall–Kier alpha value is -3.30. The predicted octanol–water partition coefficient (Wildman–Crippen LogP) is 4.89. The number of nitrogens with zero attached hydrogens (tertiary/aromatic N) is 2. The van der Waals surface area contributed by atoms with Crippen LogP contribution in [0.3, 0.4) is 0 Å². The third-order valence-electron chi connectivity index (χ3n) is 5.13. The average Bonchev–Trinajstić information content (AvgIpc) is 2.76. The highest BCUT2D eigenvalue weighted by atomic mass is 79.9. The topological polar surface area (TPSA) is 102 Å². The standard InChI is InChI=1S/C22H18BrN3O5/c1-31-11-3-10-25-21(27)16-5-2-4-15-19(16)17(22(25)28)12-18(26(29)30)20(15)24-14-8-6-13(23)7-9-14/h2,4-9,12,24H,3,10-11H2,1H3. The van der Waals surface area contributed by atoms with Crippen LogP contribution < -0.4 is 5.32 Å². The Morgan fingerprint density at radius 1 is 1.10 bits per heavy atom. The molecule has 1 heterocycles. The summed E-state index contributed by atoms with van der Waals surface area (Å²) in [4.78, 5) is 38.6. The Morgan fingerprint density at radius 3 is 2.48 bits per heavy atom. The van der Waals surface area contributed by atoms with E-state index in [0.29, 0.717) is 35.1 Å². The summed E-state index contributed by atoms with van der Waals surface area (Å²) in [5.41, 5.74) is 1.14. The molecule has 3 aromatic rings. The van der Waals surface area contributed by atoms with E-state index in [2.05, 4.69) is 21.2 Å². The lowest BCUT2D eigenvalue weighted by molar-refractivity contribution is -0.383. The zero-order valence-corrected chi connectivity index (χ0v) is 18.1. The molecule has 0 spiro atoms. The fourth-order valence-corrected chi connectivity index (χ4v) is 3.99. The largest absolute Gasteiger partial charge is 0.385 e. The van der Waals surface area contributed by atoms with Gasteiger partial charge in [-0.25, -0.2) is 0 Å². The fraction of sp³-hybridized carbons (Fsp3) is 0.182. The Morgan fingerprint density at radius 2 is 1.81 bits per heavy atom. The summed E-state index contributed by atoms with van der Waals surface area (Å²) in [5.74, 6) is -0.953. The molecule has 0 aromatic heterocycles. The molecule has 1 N–H and O–H groups in total. The van der Waals surface area contributed by atoms with Crippen molar-refractivity contribution in [2.75, 3.05) is 25.6 Å². The Labute approximate surface area is 186 Å². The second kappa shape index (κ2) is 8.44. The number of nitrogens with one attached hydrogen (secondary N) is 1. The molecule has 0 saturated heterocycles. The van der Waals surface area contributed by atoms with Crippen LogP contribution in [-0.2, 0) is 4.74 Å². The van der Waals surface area contributed by atoms with Crippen LogP contribution in [0.1, 0.15) is 27.1 Å². The van der Waals surface area contributed by atoms with E-state index in [-0.39, 0.29) is 23.5 Å². The highest BCUT2D eigenvalue weighted by Crippen LogP contribution is 2.41. The molecular formula is C22H18BrN3O5. The Kier molecular flexibility index (Phi) is 5.71. The normalized spacial score (nSPS) is 13.0. The molecule has 0 bridgehead atoms. The maximum absolute atomic E-state index is 13.1. The van der Waals surface area contributed by atoms with Crippen LogP contribution in [0.25, 0.3) is 10.8 Å². The lowest BCUT2D eigenvalue weighted by atomic mass is 9.92.